The van der Waals surface area contributed by atoms with Gasteiger partial charge < -0.3 is 0 Å². The zero-order chi connectivity index (χ0) is 14.5. The highest BCUT2D eigenvalue weighted by Crippen LogP contribution is 2.29. The van der Waals surface area contributed by atoms with E-state index in [0.717, 1.165) is 12.8 Å². The molecule has 0 saturated heterocycles. The summed E-state index contributed by atoms with van der Waals surface area (Å²) < 4.78 is 28.2. The first kappa shape index (κ1) is 15.9. The predicted octanol–water partition coefficient (Wildman–Crippen LogP) is 4.07. The van der Waals surface area contributed by atoms with E-state index in [1.54, 1.807) is 0 Å². The van der Waals surface area contributed by atoms with E-state index in [0.29, 0.717) is 10.4 Å². The number of nitrogens with one attached hydrogen (secondary N) is 1. The Hall–Kier alpha value is -0.520. The SMILES string of the molecule is NNC(Cc1c(F)ccc(Br)c1F)C1CCCCCC1. The van der Waals surface area contributed by atoms with Crippen LogP contribution in [0, 0.1) is 17.6 Å². The molecule has 0 aliphatic heterocycles. The van der Waals surface area contributed by atoms with Crippen LogP contribution in [-0.2, 0) is 6.42 Å². The third kappa shape index (κ3) is 3.77. The fourth-order valence-electron chi connectivity index (χ4n) is 3.05. The molecule has 1 atom stereocenters. The standard InChI is InChI=1S/C15H21BrF2N2/c16-12-7-8-13(17)11(15(12)18)9-14(20-19)10-5-3-1-2-4-6-10/h7-8,10,14,20H,1-6,9,19H2. The molecular weight excluding hydrogens is 326 g/mol. The molecule has 1 aliphatic rings. The number of benzene rings is 1. The van der Waals surface area contributed by atoms with Crippen LogP contribution in [0.15, 0.2) is 16.6 Å². The fraction of sp³-hybridized carbons (Fsp3) is 0.600. The molecular formula is C15H21BrF2N2. The minimum absolute atomic E-state index is 0.0774. The van der Waals surface area contributed by atoms with Gasteiger partial charge in [0.2, 0.25) is 0 Å². The van der Waals surface area contributed by atoms with Crippen molar-refractivity contribution in [1.82, 2.24) is 5.43 Å². The van der Waals surface area contributed by atoms with Crippen molar-refractivity contribution in [3.8, 4) is 0 Å². The second-order valence-electron chi connectivity index (χ2n) is 5.55. The molecule has 1 saturated carbocycles. The fourth-order valence-corrected chi connectivity index (χ4v) is 3.42. The smallest absolute Gasteiger partial charge is 0.143 e. The Morgan fingerprint density at radius 3 is 2.45 bits per heavy atom. The van der Waals surface area contributed by atoms with E-state index in [4.69, 9.17) is 5.84 Å². The lowest BCUT2D eigenvalue weighted by molar-refractivity contribution is 0.315. The van der Waals surface area contributed by atoms with Gasteiger partial charge in [-0.25, -0.2) is 8.78 Å². The summed E-state index contributed by atoms with van der Waals surface area (Å²) in [6, 6.07) is 2.61. The second-order valence-corrected chi connectivity index (χ2v) is 6.41. The van der Waals surface area contributed by atoms with E-state index in [9.17, 15) is 8.78 Å². The summed E-state index contributed by atoms with van der Waals surface area (Å²) in [5.74, 6) is 5.01. The van der Waals surface area contributed by atoms with E-state index in [-0.39, 0.29) is 18.0 Å². The maximum Gasteiger partial charge on any atom is 0.143 e. The molecule has 1 unspecified atom stereocenters. The molecule has 2 rings (SSSR count). The Morgan fingerprint density at radius 1 is 1.20 bits per heavy atom. The first-order chi connectivity index (χ1) is 9.63. The maximum atomic E-state index is 14.1. The zero-order valence-electron chi connectivity index (χ0n) is 11.5. The van der Waals surface area contributed by atoms with Gasteiger partial charge in [0.15, 0.2) is 0 Å². The van der Waals surface area contributed by atoms with Gasteiger partial charge in [-0.05, 0) is 53.2 Å². The molecule has 2 nitrogen and oxygen atoms in total. The Bertz CT molecular complexity index is 446. The summed E-state index contributed by atoms with van der Waals surface area (Å²) in [4.78, 5) is 0. The molecule has 1 aliphatic carbocycles. The Morgan fingerprint density at radius 2 is 1.85 bits per heavy atom. The highest BCUT2D eigenvalue weighted by Gasteiger charge is 2.25. The summed E-state index contributed by atoms with van der Waals surface area (Å²) in [6.07, 6.45) is 7.27. The van der Waals surface area contributed by atoms with Crippen molar-refractivity contribution in [2.75, 3.05) is 0 Å². The molecule has 3 N–H and O–H groups in total. The first-order valence-corrected chi connectivity index (χ1v) is 8.01. The van der Waals surface area contributed by atoms with Crippen molar-refractivity contribution in [2.45, 2.75) is 51.0 Å². The zero-order valence-corrected chi connectivity index (χ0v) is 13.1. The Kier molecular flexibility index (Phi) is 5.93. The number of hydrazine groups is 1. The lowest BCUT2D eigenvalue weighted by Crippen LogP contribution is -2.42. The Balaban J connectivity index is 2.15. The molecule has 0 heterocycles. The van der Waals surface area contributed by atoms with Crippen molar-refractivity contribution < 1.29 is 8.78 Å². The van der Waals surface area contributed by atoms with Gasteiger partial charge in [0.05, 0.1) is 4.47 Å². The molecule has 1 aromatic carbocycles. The van der Waals surface area contributed by atoms with Crippen LogP contribution in [0.2, 0.25) is 0 Å². The van der Waals surface area contributed by atoms with Crippen molar-refractivity contribution in [3.05, 3.63) is 33.8 Å². The van der Waals surface area contributed by atoms with E-state index >= 15 is 0 Å². The molecule has 112 valence electrons. The Labute approximate surface area is 127 Å². The average Bonchev–Trinajstić information content (AvgIpc) is 2.72. The summed E-state index contributed by atoms with van der Waals surface area (Å²) in [5, 5.41) is 0. The van der Waals surface area contributed by atoms with Gasteiger partial charge in [-0.2, -0.15) is 0 Å². The largest absolute Gasteiger partial charge is 0.271 e. The monoisotopic (exact) mass is 346 g/mol. The van der Waals surface area contributed by atoms with Crippen molar-refractivity contribution in [2.24, 2.45) is 11.8 Å². The number of nitrogens with two attached hydrogens (primary N) is 1. The second kappa shape index (κ2) is 7.48. The van der Waals surface area contributed by atoms with E-state index < -0.39 is 11.6 Å². The minimum atomic E-state index is -0.515. The lowest BCUT2D eigenvalue weighted by Gasteiger charge is -2.26. The van der Waals surface area contributed by atoms with Gasteiger partial charge in [-0.3, -0.25) is 11.3 Å². The van der Waals surface area contributed by atoms with Gasteiger partial charge >= 0.3 is 0 Å². The van der Waals surface area contributed by atoms with E-state index in [2.05, 4.69) is 21.4 Å². The van der Waals surface area contributed by atoms with Crippen LogP contribution in [0.3, 0.4) is 0 Å². The molecule has 1 aromatic rings. The van der Waals surface area contributed by atoms with Crippen molar-refractivity contribution >= 4 is 15.9 Å². The van der Waals surface area contributed by atoms with Gasteiger partial charge in [0.25, 0.3) is 0 Å². The normalized spacial score (nSPS) is 18.8. The van der Waals surface area contributed by atoms with E-state index in [1.807, 2.05) is 0 Å². The topological polar surface area (TPSA) is 38.0 Å². The van der Waals surface area contributed by atoms with E-state index in [1.165, 1.54) is 37.8 Å². The summed E-state index contributed by atoms with van der Waals surface area (Å²) in [6.45, 7) is 0. The molecule has 20 heavy (non-hydrogen) atoms. The highest BCUT2D eigenvalue weighted by atomic mass is 79.9. The molecule has 1 fully saturated rings. The third-order valence-electron chi connectivity index (χ3n) is 4.25. The minimum Gasteiger partial charge on any atom is -0.271 e. The quantitative estimate of drug-likeness (QED) is 0.373. The predicted molar refractivity (Wildman–Crippen MR) is 80.1 cm³/mol. The average molecular weight is 347 g/mol. The van der Waals surface area contributed by atoms with Crippen LogP contribution in [-0.4, -0.2) is 6.04 Å². The summed E-state index contributed by atoms with van der Waals surface area (Å²) in [7, 11) is 0. The van der Waals surface area contributed by atoms with Gasteiger partial charge in [0, 0.05) is 11.6 Å². The summed E-state index contributed by atoms with van der Waals surface area (Å²) in [5.41, 5.74) is 2.89. The van der Waals surface area contributed by atoms with Crippen LogP contribution < -0.4 is 11.3 Å². The van der Waals surface area contributed by atoms with Gasteiger partial charge in [0.1, 0.15) is 11.6 Å². The first-order valence-electron chi connectivity index (χ1n) is 7.22. The van der Waals surface area contributed by atoms with Crippen LogP contribution in [0.5, 0.6) is 0 Å². The lowest BCUT2D eigenvalue weighted by atomic mass is 9.88. The number of halogens is 3. The molecule has 0 amide bonds. The summed E-state index contributed by atoms with van der Waals surface area (Å²) >= 11 is 3.11. The molecule has 0 radical (unpaired) electrons. The molecule has 5 heteroatoms. The number of hydrogen-bond donors (Lipinski definition) is 2. The van der Waals surface area contributed by atoms with Gasteiger partial charge in [-0.1, -0.05) is 25.7 Å². The molecule has 0 spiro atoms. The molecule has 0 aromatic heterocycles. The maximum absolute atomic E-state index is 14.1. The van der Waals surface area contributed by atoms with Gasteiger partial charge in [-0.15, -0.1) is 0 Å². The highest BCUT2D eigenvalue weighted by molar-refractivity contribution is 9.10. The number of rotatable bonds is 4. The van der Waals surface area contributed by atoms with Crippen molar-refractivity contribution in [3.63, 3.8) is 0 Å². The van der Waals surface area contributed by atoms with Crippen molar-refractivity contribution in [1.29, 1.82) is 0 Å². The van der Waals surface area contributed by atoms with Crippen LogP contribution >= 0.6 is 15.9 Å². The van der Waals surface area contributed by atoms with Crippen LogP contribution in [0.25, 0.3) is 0 Å². The van der Waals surface area contributed by atoms with Crippen LogP contribution in [0.4, 0.5) is 8.78 Å². The molecule has 0 bridgehead atoms. The third-order valence-corrected chi connectivity index (χ3v) is 4.86. The number of hydrogen-bond acceptors (Lipinski definition) is 2. The van der Waals surface area contributed by atoms with Crippen LogP contribution in [0.1, 0.15) is 44.1 Å².